The van der Waals surface area contributed by atoms with Gasteiger partial charge in [0.15, 0.2) is 6.10 Å². The minimum atomic E-state index is -0.947. The van der Waals surface area contributed by atoms with Gasteiger partial charge in [-0.2, -0.15) is 0 Å². The molecule has 0 saturated heterocycles. The van der Waals surface area contributed by atoms with Crippen molar-refractivity contribution in [3.05, 3.63) is 64.8 Å². The smallest absolute Gasteiger partial charge is 0.331 e. The number of aryl methyl sites for hydroxylation is 1. The zero-order chi connectivity index (χ0) is 17.5. The molecule has 5 nitrogen and oxygen atoms in total. The van der Waals surface area contributed by atoms with Crippen molar-refractivity contribution in [3.63, 3.8) is 0 Å². The average molecular weight is 345 g/mol. The fourth-order valence-electron chi connectivity index (χ4n) is 1.88. The number of nitrogens with one attached hydrogen (secondary N) is 1. The van der Waals surface area contributed by atoms with Gasteiger partial charge in [0, 0.05) is 12.3 Å². The molecule has 24 heavy (non-hydrogen) atoms. The highest BCUT2D eigenvalue weighted by Crippen LogP contribution is 2.10. The standard InChI is InChI=1S/C18H17ClN2O3/c1-12-4-3-5-14(10-12)6-9-17(22)24-13(2)18(23)21-16-8-7-15(19)11-20-16/h3-11,13H,1-2H3,(H,20,21,23)/b9-6+/t13-/m1/s1. The Morgan fingerprint density at radius 2 is 2.08 bits per heavy atom. The molecule has 1 amide bonds. The molecule has 2 aromatic rings. The number of hydrogen-bond acceptors (Lipinski definition) is 4. The van der Waals surface area contributed by atoms with E-state index in [9.17, 15) is 9.59 Å². The van der Waals surface area contributed by atoms with E-state index in [1.165, 1.54) is 19.2 Å². The van der Waals surface area contributed by atoms with Crippen molar-refractivity contribution < 1.29 is 14.3 Å². The van der Waals surface area contributed by atoms with E-state index in [0.717, 1.165) is 11.1 Å². The van der Waals surface area contributed by atoms with Crippen molar-refractivity contribution in [2.45, 2.75) is 20.0 Å². The molecule has 0 spiro atoms. The third kappa shape index (κ3) is 5.52. The monoisotopic (exact) mass is 344 g/mol. The summed E-state index contributed by atoms with van der Waals surface area (Å²) in [6.45, 7) is 3.45. The number of aromatic nitrogens is 1. The molecule has 124 valence electrons. The zero-order valence-corrected chi connectivity index (χ0v) is 14.1. The molecule has 1 atom stereocenters. The molecular formula is C18H17ClN2O3. The van der Waals surface area contributed by atoms with Gasteiger partial charge in [0.2, 0.25) is 0 Å². The van der Waals surface area contributed by atoms with E-state index >= 15 is 0 Å². The van der Waals surface area contributed by atoms with Crippen LogP contribution in [-0.2, 0) is 14.3 Å². The van der Waals surface area contributed by atoms with Gasteiger partial charge >= 0.3 is 5.97 Å². The number of hydrogen-bond donors (Lipinski definition) is 1. The molecule has 1 N–H and O–H groups in total. The van der Waals surface area contributed by atoms with Crippen LogP contribution in [0.25, 0.3) is 6.08 Å². The summed E-state index contributed by atoms with van der Waals surface area (Å²) in [6.07, 6.45) is 3.40. The van der Waals surface area contributed by atoms with Crippen molar-refractivity contribution in [1.82, 2.24) is 4.98 Å². The van der Waals surface area contributed by atoms with Crippen LogP contribution >= 0.6 is 11.6 Å². The van der Waals surface area contributed by atoms with Gasteiger partial charge < -0.3 is 10.1 Å². The summed E-state index contributed by atoms with van der Waals surface area (Å²) in [7, 11) is 0. The minimum absolute atomic E-state index is 0.336. The number of benzene rings is 1. The molecule has 0 aliphatic rings. The predicted molar refractivity (Wildman–Crippen MR) is 93.6 cm³/mol. The number of carbonyl (C=O) groups excluding carboxylic acids is 2. The molecule has 0 saturated carbocycles. The molecule has 1 heterocycles. The molecule has 0 radical (unpaired) electrons. The van der Waals surface area contributed by atoms with E-state index in [2.05, 4.69) is 10.3 Å². The summed E-state index contributed by atoms with van der Waals surface area (Å²) in [5.74, 6) is -0.729. The van der Waals surface area contributed by atoms with Gasteiger partial charge in [0.1, 0.15) is 5.82 Å². The number of esters is 1. The third-order valence-corrected chi connectivity index (χ3v) is 3.32. The maximum atomic E-state index is 12.0. The van der Waals surface area contributed by atoms with E-state index in [1.807, 2.05) is 31.2 Å². The predicted octanol–water partition coefficient (Wildman–Crippen LogP) is 3.63. The SMILES string of the molecule is Cc1cccc(/C=C/C(=O)O[C@H](C)C(=O)Nc2ccc(Cl)cn2)c1. The summed E-state index contributed by atoms with van der Waals surface area (Å²) in [5, 5.41) is 3.01. The lowest BCUT2D eigenvalue weighted by Crippen LogP contribution is -2.29. The number of nitrogens with zero attached hydrogens (tertiary/aromatic N) is 1. The molecule has 0 aliphatic carbocycles. The Hall–Kier alpha value is -2.66. The lowest BCUT2D eigenvalue weighted by atomic mass is 10.1. The van der Waals surface area contributed by atoms with Crippen molar-refractivity contribution >= 4 is 35.4 Å². The lowest BCUT2D eigenvalue weighted by molar-refractivity contribution is -0.148. The Morgan fingerprint density at radius 3 is 2.75 bits per heavy atom. The van der Waals surface area contributed by atoms with Crippen LogP contribution in [0.1, 0.15) is 18.1 Å². The number of pyridine rings is 1. The Bertz CT molecular complexity index is 757. The number of carbonyl (C=O) groups is 2. The van der Waals surface area contributed by atoms with Crippen LogP contribution in [-0.4, -0.2) is 23.0 Å². The molecule has 1 aromatic heterocycles. The van der Waals surface area contributed by atoms with Crippen molar-refractivity contribution in [2.75, 3.05) is 5.32 Å². The van der Waals surface area contributed by atoms with E-state index < -0.39 is 18.0 Å². The maximum Gasteiger partial charge on any atom is 0.331 e. The molecule has 2 rings (SSSR count). The largest absolute Gasteiger partial charge is 0.449 e. The van der Waals surface area contributed by atoms with E-state index in [4.69, 9.17) is 16.3 Å². The first-order chi connectivity index (χ1) is 11.4. The molecule has 0 bridgehead atoms. The van der Waals surface area contributed by atoms with Gasteiger partial charge in [-0.25, -0.2) is 9.78 Å². The summed E-state index contributed by atoms with van der Waals surface area (Å²) in [4.78, 5) is 27.7. The second-order valence-corrected chi connectivity index (χ2v) is 5.61. The van der Waals surface area contributed by atoms with Crippen molar-refractivity contribution in [3.8, 4) is 0 Å². The van der Waals surface area contributed by atoms with Crippen molar-refractivity contribution in [2.24, 2.45) is 0 Å². The molecule has 1 aromatic carbocycles. The van der Waals surface area contributed by atoms with Gasteiger partial charge in [-0.1, -0.05) is 41.4 Å². The third-order valence-electron chi connectivity index (χ3n) is 3.09. The average Bonchev–Trinajstić information content (AvgIpc) is 2.55. The highest BCUT2D eigenvalue weighted by molar-refractivity contribution is 6.30. The lowest BCUT2D eigenvalue weighted by Gasteiger charge is -2.11. The summed E-state index contributed by atoms with van der Waals surface area (Å²) < 4.78 is 5.07. The van der Waals surface area contributed by atoms with Gasteiger partial charge in [0.25, 0.3) is 5.91 Å². The van der Waals surface area contributed by atoms with E-state index in [0.29, 0.717) is 10.8 Å². The van der Waals surface area contributed by atoms with Crippen LogP contribution in [0.15, 0.2) is 48.7 Å². The van der Waals surface area contributed by atoms with Gasteiger partial charge in [-0.05, 0) is 37.6 Å². The van der Waals surface area contributed by atoms with Crippen molar-refractivity contribution in [1.29, 1.82) is 0 Å². The second kappa shape index (κ2) is 8.26. The molecule has 0 aliphatic heterocycles. The molecular weight excluding hydrogens is 328 g/mol. The van der Waals surface area contributed by atoms with Crippen LogP contribution in [0.4, 0.5) is 5.82 Å². The Labute approximate surface area is 145 Å². The summed E-state index contributed by atoms with van der Waals surface area (Å²) in [6, 6.07) is 10.8. The van der Waals surface area contributed by atoms with Crippen LogP contribution in [0.2, 0.25) is 5.02 Å². The van der Waals surface area contributed by atoms with Crippen LogP contribution in [0.3, 0.4) is 0 Å². The first-order valence-corrected chi connectivity index (χ1v) is 7.69. The van der Waals surface area contributed by atoms with Gasteiger partial charge in [-0.3, -0.25) is 4.79 Å². The Balaban J connectivity index is 1.88. The molecule has 6 heteroatoms. The van der Waals surface area contributed by atoms with E-state index in [1.54, 1.807) is 18.2 Å². The van der Waals surface area contributed by atoms with Gasteiger partial charge in [0.05, 0.1) is 5.02 Å². The zero-order valence-electron chi connectivity index (χ0n) is 13.3. The minimum Gasteiger partial charge on any atom is -0.449 e. The number of rotatable bonds is 5. The quantitative estimate of drug-likeness (QED) is 0.664. The molecule has 0 unspecified atom stereocenters. The maximum absolute atomic E-state index is 12.0. The van der Waals surface area contributed by atoms with Crippen LogP contribution < -0.4 is 5.32 Å². The molecule has 0 fully saturated rings. The number of anilines is 1. The number of amides is 1. The first-order valence-electron chi connectivity index (χ1n) is 7.32. The Morgan fingerprint density at radius 1 is 1.29 bits per heavy atom. The number of halogens is 1. The summed E-state index contributed by atoms with van der Waals surface area (Å²) >= 11 is 5.72. The van der Waals surface area contributed by atoms with Crippen LogP contribution in [0, 0.1) is 6.92 Å². The van der Waals surface area contributed by atoms with Crippen LogP contribution in [0.5, 0.6) is 0 Å². The van der Waals surface area contributed by atoms with E-state index in [-0.39, 0.29) is 0 Å². The number of ether oxygens (including phenoxy) is 1. The Kier molecular flexibility index (Phi) is 6.09. The fourth-order valence-corrected chi connectivity index (χ4v) is 1.99. The van der Waals surface area contributed by atoms with Gasteiger partial charge in [-0.15, -0.1) is 0 Å². The second-order valence-electron chi connectivity index (χ2n) is 5.18. The fraction of sp³-hybridized carbons (Fsp3) is 0.167. The highest BCUT2D eigenvalue weighted by atomic mass is 35.5. The summed E-state index contributed by atoms with van der Waals surface area (Å²) in [5.41, 5.74) is 1.98. The highest BCUT2D eigenvalue weighted by Gasteiger charge is 2.17. The normalized spacial score (nSPS) is 12.0. The first kappa shape index (κ1) is 17.7. The topological polar surface area (TPSA) is 68.3 Å².